The van der Waals surface area contributed by atoms with Crippen LogP contribution in [0.4, 0.5) is 13.2 Å². The molecule has 1 aromatic carbocycles. The summed E-state index contributed by atoms with van der Waals surface area (Å²) < 4.78 is 45.7. The highest BCUT2D eigenvalue weighted by molar-refractivity contribution is 5.24. The van der Waals surface area contributed by atoms with Crippen LogP contribution < -0.4 is 5.32 Å². The zero-order valence-electron chi connectivity index (χ0n) is 11.5. The normalized spacial score (nSPS) is 14.4. The summed E-state index contributed by atoms with van der Waals surface area (Å²) in [7, 11) is 1.65. The summed E-state index contributed by atoms with van der Waals surface area (Å²) in [5.41, 5.74) is 0.0910. The van der Waals surface area contributed by atoms with E-state index in [9.17, 15) is 13.2 Å². The Labute approximate surface area is 112 Å². The predicted molar refractivity (Wildman–Crippen MR) is 68.4 cm³/mol. The van der Waals surface area contributed by atoms with Gasteiger partial charge in [-0.1, -0.05) is 19.4 Å². The molecule has 0 fully saturated rings. The minimum Gasteiger partial charge on any atom is -0.377 e. The molecule has 19 heavy (non-hydrogen) atoms. The van der Waals surface area contributed by atoms with Crippen molar-refractivity contribution in [3.05, 3.63) is 35.1 Å². The second-order valence-corrected chi connectivity index (χ2v) is 4.31. The van der Waals surface area contributed by atoms with Crippen LogP contribution in [-0.4, -0.2) is 19.8 Å². The van der Waals surface area contributed by atoms with E-state index in [-0.39, 0.29) is 11.7 Å². The molecule has 5 heteroatoms. The van der Waals surface area contributed by atoms with E-state index in [0.717, 1.165) is 12.5 Å². The Bertz CT molecular complexity index is 406. The third kappa shape index (κ3) is 3.70. The Kier molecular flexibility index (Phi) is 6.31. The average molecular weight is 275 g/mol. The van der Waals surface area contributed by atoms with Crippen molar-refractivity contribution >= 4 is 0 Å². The lowest BCUT2D eigenvalue weighted by atomic mass is 9.97. The maximum Gasteiger partial charge on any atom is 0.194 e. The van der Waals surface area contributed by atoms with Crippen LogP contribution in [0, 0.1) is 17.5 Å². The Morgan fingerprint density at radius 3 is 2.37 bits per heavy atom. The summed E-state index contributed by atoms with van der Waals surface area (Å²) in [5.74, 6) is -3.77. The van der Waals surface area contributed by atoms with E-state index >= 15 is 0 Å². The lowest BCUT2D eigenvalue weighted by molar-refractivity contribution is 0.0285. The SMILES string of the molecule is CCCC(OCC)C(NC)c1ccc(F)c(F)c1F. The third-order valence-corrected chi connectivity index (χ3v) is 3.04. The molecule has 0 radical (unpaired) electrons. The Morgan fingerprint density at radius 2 is 1.84 bits per heavy atom. The van der Waals surface area contributed by atoms with Crippen LogP contribution in [-0.2, 0) is 4.74 Å². The van der Waals surface area contributed by atoms with Gasteiger partial charge < -0.3 is 10.1 Å². The minimum absolute atomic E-state index is 0.0910. The average Bonchev–Trinajstić information content (AvgIpc) is 2.40. The topological polar surface area (TPSA) is 21.3 Å². The van der Waals surface area contributed by atoms with Gasteiger partial charge in [0, 0.05) is 12.2 Å². The van der Waals surface area contributed by atoms with E-state index in [1.54, 1.807) is 7.05 Å². The standard InChI is InChI=1S/C14H20F3NO/c1-4-6-11(19-5-2)14(18-3)9-7-8-10(15)13(17)12(9)16/h7-8,11,14,18H,4-6H2,1-3H3. The first kappa shape index (κ1) is 16.0. The molecule has 0 heterocycles. The van der Waals surface area contributed by atoms with E-state index in [2.05, 4.69) is 5.32 Å². The Hall–Kier alpha value is -1.07. The number of rotatable bonds is 7. The first-order valence-corrected chi connectivity index (χ1v) is 6.49. The molecule has 0 saturated carbocycles. The van der Waals surface area contributed by atoms with Gasteiger partial charge in [-0.25, -0.2) is 13.2 Å². The fourth-order valence-corrected chi connectivity index (χ4v) is 2.17. The van der Waals surface area contributed by atoms with Gasteiger partial charge in [0.1, 0.15) is 0 Å². The van der Waals surface area contributed by atoms with Crippen LogP contribution in [0.25, 0.3) is 0 Å². The van der Waals surface area contributed by atoms with Crippen LogP contribution in [0.5, 0.6) is 0 Å². The molecule has 0 aliphatic heterocycles. The first-order valence-electron chi connectivity index (χ1n) is 6.49. The number of halogens is 3. The third-order valence-electron chi connectivity index (χ3n) is 3.04. The summed E-state index contributed by atoms with van der Waals surface area (Å²) in [6.45, 7) is 4.31. The summed E-state index contributed by atoms with van der Waals surface area (Å²) in [6, 6.07) is 1.69. The van der Waals surface area contributed by atoms with Crippen LogP contribution in [0.3, 0.4) is 0 Å². The smallest absolute Gasteiger partial charge is 0.194 e. The van der Waals surface area contributed by atoms with Crippen LogP contribution in [0.2, 0.25) is 0 Å². The number of hydrogen-bond donors (Lipinski definition) is 1. The van der Waals surface area contributed by atoms with Gasteiger partial charge in [0.2, 0.25) is 0 Å². The second kappa shape index (κ2) is 7.50. The van der Waals surface area contributed by atoms with Gasteiger partial charge in [0.15, 0.2) is 17.5 Å². The maximum absolute atomic E-state index is 13.8. The molecule has 0 aliphatic carbocycles. The Balaban J connectivity index is 3.10. The molecular formula is C14H20F3NO. The van der Waals surface area contributed by atoms with Crippen molar-refractivity contribution < 1.29 is 17.9 Å². The van der Waals surface area contributed by atoms with Crippen molar-refractivity contribution in [3.8, 4) is 0 Å². The summed E-state index contributed by atoms with van der Waals surface area (Å²) in [5, 5.41) is 2.92. The van der Waals surface area contributed by atoms with Crippen molar-refractivity contribution in [1.29, 1.82) is 0 Å². The molecule has 1 N–H and O–H groups in total. The molecule has 1 rings (SSSR count). The second-order valence-electron chi connectivity index (χ2n) is 4.31. The van der Waals surface area contributed by atoms with E-state index in [0.29, 0.717) is 13.0 Å². The van der Waals surface area contributed by atoms with Crippen molar-refractivity contribution in [2.45, 2.75) is 38.8 Å². The van der Waals surface area contributed by atoms with Crippen molar-refractivity contribution in [1.82, 2.24) is 5.32 Å². The predicted octanol–water partition coefficient (Wildman–Crippen LogP) is 3.57. The summed E-state index contributed by atoms with van der Waals surface area (Å²) in [6.07, 6.45) is 1.28. The molecule has 1 aromatic rings. The quantitative estimate of drug-likeness (QED) is 0.768. The van der Waals surface area contributed by atoms with Gasteiger partial charge in [-0.2, -0.15) is 0 Å². The lowest BCUT2D eigenvalue weighted by Crippen LogP contribution is -2.32. The lowest BCUT2D eigenvalue weighted by Gasteiger charge is -2.27. The highest BCUT2D eigenvalue weighted by atomic mass is 19.2. The van der Waals surface area contributed by atoms with Crippen molar-refractivity contribution in [3.63, 3.8) is 0 Å². The monoisotopic (exact) mass is 275 g/mol. The largest absolute Gasteiger partial charge is 0.377 e. The number of nitrogens with one attached hydrogen (secondary N) is 1. The number of hydrogen-bond acceptors (Lipinski definition) is 2. The van der Waals surface area contributed by atoms with E-state index in [4.69, 9.17) is 4.74 Å². The van der Waals surface area contributed by atoms with Gasteiger partial charge in [-0.15, -0.1) is 0 Å². The maximum atomic E-state index is 13.8. The van der Waals surface area contributed by atoms with Crippen molar-refractivity contribution in [2.75, 3.05) is 13.7 Å². The van der Waals surface area contributed by atoms with Gasteiger partial charge >= 0.3 is 0 Å². The van der Waals surface area contributed by atoms with Gasteiger partial charge in [-0.3, -0.25) is 0 Å². The molecule has 0 amide bonds. The Morgan fingerprint density at radius 1 is 1.16 bits per heavy atom. The van der Waals surface area contributed by atoms with Crippen LogP contribution >= 0.6 is 0 Å². The molecule has 0 aromatic heterocycles. The molecule has 108 valence electrons. The zero-order chi connectivity index (χ0) is 14.4. The van der Waals surface area contributed by atoms with E-state index in [1.807, 2.05) is 13.8 Å². The number of benzene rings is 1. The fraction of sp³-hybridized carbons (Fsp3) is 0.571. The summed E-state index contributed by atoms with van der Waals surface area (Å²) in [4.78, 5) is 0. The molecule has 2 nitrogen and oxygen atoms in total. The van der Waals surface area contributed by atoms with Gasteiger partial charge in [0.25, 0.3) is 0 Å². The first-order chi connectivity index (χ1) is 9.06. The molecule has 2 atom stereocenters. The highest BCUT2D eigenvalue weighted by Crippen LogP contribution is 2.27. The van der Waals surface area contributed by atoms with E-state index in [1.165, 1.54) is 6.07 Å². The van der Waals surface area contributed by atoms with Gasteiger partial charge in [-0.05, 0) is 26.5 Å². The fourth-order valence-electron chi connectivity index (χ4n) is 2.17. The summed E-state index contributed by atoms with van der Waals surface area (Å²) >= 11 is 0. The van der Waals surface area contributed by atoms with Crippen LogP contribution in [0.1, 0.15) is 38.3 Å². The zero-order valence-corrected chi connectivity index (χ0v) is 11.5. The molecule has 0 bridgehead atoms. The van der Waals surface area contributed by atoms with E-state index < -0.39 is 23.5 Å². The molecule has 2 unspecified atom stereocenters. The van der Waals surface area contributed by atoms with Crippen molar-refractivity contribution in [2.24, 2.45) is 0 Å². The van der Waals surface area contributed by atoms with Crippen LogP contribution in [0.15, 0.2) is 12.1 Å². The van der Waals surface area contributed by atoms with Gasteiger partial charge in [0.05, 0.1) is 12.1 Å². The molecule has 0 spiro atoms. The highest BCUT2D eigenvalue weighted by Gasteiger charge is 2.26. The minimum atomic E-state index is -1.44. The molecular weight excluding hydrogens is 255 g/mol. The molecule has 0 aliphatic rings. The number of likely N-dealkylation sites (N-methyl/N-ethyl adjacent to an activating group) is 1. The number of ether oxygens (including phenoxy) is 1. The molecule has 0 saturated heterocycles.